The van der Waals surface area contributed by atoms with E-state index < -0.39 is 5.60 Å². The molecule has 5 N–H and O–H groups in total. The van der Waals surface area contributed by atoms with E-state index in [1.54, 1.807) is 5.12 Å². The fourth-order valence-corrected chi connectivity index (χ4v) is 5.11. The molecule has 170 valence electrons. The Morgan fingerprint density at radius 3 is 2.50 bits per heavy atom. The second-order valence-corrected chi connectivity index (χ2v) is 9.64. The second kappa shape index (κ2) is 8.12. The SMILES string of the molecule is CN1NN=C(CC2CCC(c3ccc(C4Nc5c(N)ncnc5OC4(C)C)cc3)CC2)N1. The van der Waals surface area contributed by atoms with Gasteiger partial charge < -0.3 is 15.8 Å². The number of hydrazine groups is 2. The number of hydrogen-bond donors (Lipinski definition) is 4. The summed E-state index contributed by atoms with van der Waals surface area (Å²) in [6, 6.07) is 8.95. The molecule has 1 aromatic heterocycles. The molecule has 1 atom stereocenters. The molecule has 2 aliphatic heterocycles. The molecule has 0 amide bonds. The lowest BCUT2D eigenvalue weighted by Gasteiger charge is -2.40. The minimum Gasteiger partial charge on any atom is -0.467 e. The molecule has 1 fully saturated rings. The van der Waals surface area contributed by atoms with E-state index in [9.17, 15) is 0 Å². The molecule has 5 rings (SSSR count). The summed E-state index contributed by atoms with van der Waals surface area (Å²) in [5.74, 6) is 3.27. The van der Waals surface area contributed by atoms with Crippen LogP contribution in [-0.4, -0.2) is 33.6 Å². The van der Waals surface area contributed by atoms with Crippen molar-refractivity contribution in [2.75, 3.05) is 18.1 Å². The van der Waals surface area contributed by atoms with Gasteiger partial charge in [0.05, 0.1) is 6.04 Å². The molecule has 9 nitrogen and oxygen atoms in total. The molecule has 0 saturated heterocycles. The first kappa shape index (κ1) is 20.8. The number of ether oxygens (including phenoxy) is 1. The molecule has 0 spiro atoms. The zero-order chi connectivity index (χ0) is 22.3. The van der Waals surface area contributed by atoms with Gasteiger partial charge in [-0.1, -0.05) is 24.3 Å². The first-order valence-electron chi connectivity index (χ1n) is 11.4. The molecule has 1 saturated carbocycles. The van der Waals surface area contributed by atoms with Crippen molar-refractivity contribution < 1.29 is 4.74 Å². The van der Waals surface area contributed by atoms with Gasteiger partial charge in [0.15, 0.2) is 5.82 Å². The summed E-state index contributed by atoms with van der Waals surface area (Å²) >= 11 is 0. The number of nitrogen functional groups attached to an aromatic ring is 1. The average Bonchev–Trinajstić information content (AvgIpc) is 3.18. The molecule has 1 unspecified atom stereocenters. The van der Waals surface area contributed by atoms with E-state index in [0.717, 1.165) is 12.3 Å². The lowest BCUT2D eigenvalue weighted by atomic mass is 9.77. The van der Waals surface area contributed by atoms with Crippen molar-refractivity contribution in [1.29, 1.82) is 0 Å². The molecule has 0 radical (unpaired) electrons. The van der Waals surface area contributed by atoms with Gasteiger partial charge in [-0.25, -0.2) is 10.5 Å². The minimum atomic E-state index is -0.465. The van der Waals surface area contributed by atoms with Crippen LogP contribution in [0.1, 0.15) is 69.0 Å². The predicted molar refractivity (Wildman–Crippen MR) is 125 cm³/mol. The first-order chi connectivity index (χ1) is 15.4. The van der Waals surface area contributed by atoms with Crippen molar-refractivity contribution in [3.8, 4) is 5.88 Å². The van der Waals surface area contributed by atoms with Crippen LogP contribution in [0.15, 0.2) is 35.7 Å². The fraction of sp³-hybridized carbons (Fsp3) is 0.522. The van der Waals surface area contributed by atoms with Crippen molar-refractivity contribution in [2.24, 2.45) is 11.0 Å². The second-order valence-electron chi connectivity index (χ2n) is 9.64. The predicted octanol–water partition coefficient (Wildman–Crippen LogP) is 3.32. The minimum absolute atomic E-state index is 0.0421. The Morgan fingerprint density at radius 2 is 1.81 bits per heavy atom. The molecule has 3 aliphatic rings. The highest BCUT2D eigenvalue weighted by molar-refractivity contribution is 5.82. The van der Waals surface area contributed by atoms with Gasteiger partial charge in [-0.05, 0) is 62.5 Å². The standard InChI is InChI=1S/C23H32N8O/c1-23(2)20(27-19-21(24)25-13-26-22(19)32-23)17-10-8-16(9-11-17)15-6-4-14(5-7-15)12-18-28-30-31(3)29-18/h8-11,13-15,20,27,30H,4-7,12H2,1-3H3,(H,28,29)(H2,24,25,26). The first-order valence-corrected chi connectivity index (χ1v) is 11.4. The van der Waals surface area contributed by atoms with Gasteiger partial charge in [0.1, 0.15) is 23.5 Å². The van der Waals surface area contributed by atoms with Crippen molar-refractivity contribution in [1.82, 2.24) is 26.0 Å². The number of nitrogens with two attached hydrogens (primary N) is 1. The number of rotatable bonds is 4. The maximum Gasteiger partial charge on any atom is 0.243 e. The van der Waals surface area contributed by atoms with E-state index in [1.165, 1.54) is 43.1 Å². The lowest BCUT2D eigenvalue weighted by molar-refractivity contribution is 0.0722. The van der Waals surface area contributed by atoms with Crippen LogP contribution in [0.5, 0.6) is 5.88 Å². The largest absolute Gasteiger partial charge is 0.467 e. The lowest BCUT2D eigenvalue weighted by Crippen LogP contribution is -2.44. The summed E-state index contributed by atoms with van der Waals surface area (Å²) in [7, 11) is 1.93. The third-order valence-corrected chi connectivity index (χ3v) is 6.89. The van der Waals surface area contributed by atoms with Gasteiger partial charge in [-0.3, -0.25) is 5.43 Å². The summed E-state index contributed by atoms with van der Waals surface area (Å²) in [6.45, 7) is 4.13. The molecular weight excluding hydrogens is 404 g/mol. The highest BCUT2D eigenvalue weighted by Gasteiger charge is 2.39. The van der Waals surface area contributed by atoms with Crippen molar-refractivity contribution in [3.05, 3.63) is 41.7 Å². The van der Waals surface area contributed by atoms with Gasteiger partial charge in [-0.15, -0.1) is 10.2 Å². The van der Waals surface area contributed by atoms with E-state index in [1.807, 2.05) is 7.05 Å². The Morgan fingerprint density at radius 1 is 1.09 bits per heavy atom. The van der Waals surface area contributed by atoms with E-state index in [2.05, 4.69) is 69.5 Å². The molecule has 1 aliphatic carbocycles. The molecule has 1 aromatic carbocycles. The van der Waals surface area contributed by atoms with E-state index >= 15 is 0 Å². The number of nitrogens with zero attached hydrogens (tertiary/aromatic N) is 4. The Hall–Kier alpha value is -3.07. The zero-order valence-electron chi connectivity index (χ0n) is 18.9. The van der Waals surface area contributed by atoms with Crippen molar-refractivity contribution >= 4 is 17.3 Å². The van der Waals surface area contributed by atoms with Crippen LogP contribution in [0.4, 0.5) is 11.5 Å². The molecule has 32 heavy (non-hydrogen) atoms. The van der Waals surface area contributed by atoms with Crippen LogP contribution >= 0.6 is 0 Å². The topological polar surface area (TPSA) is 113 Å². The maximum atomic E-state index is 6.17. The van der Waals surface area contributed by atoms with Crippen LogP contribution in [0, 0.1) is 5.92 Å². The quantitative estimate of drug-likeness (QED) is 0.577. The van der Waals surface area contributed by atoms with Crippen LogP contribution < -0.4 is 26.7 Å². The smallest absolute Gasteiger partial charge is 0.243 e. The van der Waals surface area contributed by atoms with E-state index in [-0.39, 0.29) is 6.04 Å². The number of hydrogen-bond acceptors (Lipinski definition) is 9. The van der Waals surface area contributed by atoms with Crippen molar-refractivity contribution in [3.63, 3.8) is 0 Å². The summed E-state index contributed by atoms with van der Waals surface area (Å²) in [4.78, 5) is 8.32. The van der Waals surface area contributed by atoms with Gasteiger partial charge >= 0.3 is 0 Å². The normalized spacial score (nSPS) is 26.7. The Kier molecular flexibility index (Phi) is 5.28. The number of aromatic nitrogens is 2. The average molecular weight is 437 g/mol. The van der Waals surface area contributed by atoms with Gasteiger partial charge in [0.2, 0.25) is 5.88 Å². The summed E-state index contributed by atoms with van der Waals surface area (Å²) in [5, 5.41) is 9.62. The van der Waals surface area contributed by atoms with E-state index in [4.69, 9.17) is 10.5 Å². The number of hydrazone groups is 1. The highest BCUT2D eigenvalue weighted by atomic mass is 16.5. The third-order valence-electron chi connectivity index (χ3n) is 6.89. The Balaban J connectivity index is 1.23. The number of fused-ring (bicyclic) bond motifs is 1. The van der Waals surface area contributed by atoms with Crippen LogP contribution in [0.3, 0.4) is 0 Å². The van der Waals surface area contributed by atoms with Gasteiger partial charge in [0.25, 0.3) is 0 Å². The van der Waals surface area contributed by atoms with Crippen LogP contribution in [-0.2, 0) is 0 Å². The van der Waals surface area contributed by atoms with Crippen molar-refractivity contribution in [2.45, 2.75) is 63.5 Å². The number of anilines is 2. The van der Waals surface area contributed by atoms with Gasteiger partial charge in [0, 0.05) is 13.5 Å². The number of nitrogens with one attached hydrogen (secondary N) is 3. The third kappa shape index (κ3) is 4.04. The summed E-state index contributed by atoms with van der Waals surface area (Å²) < 4.78 is 6.17. The molecular formula is C23H32N8O. The monoisotopic (exact) mass is 436 g/mol. The van der Waals surface area contributed by atoms with Gasteiger partial charge in [-0.2, -0.15) is 4.98 Å². The number of amidine groups is 1. The maximum absolute atomic E-state index is 6.17. The molecule has 9 heteroatoms. The zero-order valence-corrected chi connectivity index (χ0v) is 18.9. The molecule has 2 aromatic rings. The summed E-state index contributed by atoms with van der Waals surface area (Å²) in [5.41, 5.74) is 15.0. The van der Waals surface area contributed by atoms with E-state index in [0.29, 0.717) is 29.2 Å². The molecule has 0 bridgehead atoms. The Labute approximate surface area is 188 Å². The number of benzene rings is 1. The summed E-state index contributed by atoms with van der Waals surface area (Å²) in [6.07, 6.45) is 7.36. The van der Waals surface area contributed by atoms with Crippen LogP contribution in [0.2, 0.25) is 0 Å². The Bertz CT molecular complexity index is 998. The highest BCUT2D eigenvalue weighted by Crippen LogP contribution is 2.44. The molecule has 3 heterocycles. The fourth-order valence-electron chi connectivity index (χ4n) is 5.11. The van der Waals surface area contributed by atoms with Crippen LogP contribution in [0.25, 0.3) is 0 Å².